The Morgan fingerprint density at radius 1 is 1.30 bits per heavy atom. The topological polar surface area (TPSA) is 60.5 Å². The Morgan fingerprint density at radius 2 is 2.15 bits per heavy atom. The van der Waals surface area contributed by atoms with Gasteiger partial charge in [0.25, 0.3) is 0 Å². The lowest BCUT2D eigenvalue weighted by Crippen LogP contribution is -2.11. The van der Waals surface area contributed by atoms with E-state index in [2.05, 4.69) is 10.3 Å². The molecule has 0 radical (unpaired) electrons. The smallest absolute Gasteiger partial charge is 0.306 e. The molecule has 2 aromatic rings. The van der Waals surface area contributed by atoms with E-state index in [4.69, 9.17) is 9.47 Å². The van der Waals surface area contributed by atoms with Crippen LogP contribution in [-0.4, -0.2) is 30.7 Å². The first kappa shape index (κ1) is 20.7. The van der Waals surface area contributed by atoms with Crippen molar-refractivity contribution >= 4 is 11.8 Å². The summed E-state index contributed by atoms with van der Waals surface area (Å²) in [6, 6.07) is 10.6. The normalized spacial score (nSPS) is 11.7. The molecule has 0 aliphatic carbocycles. The number of carbonyl (C=O) groups is 1. The second-order valence-corrected chi connectivity index (χ2v) is 6.43. The van der Waals surface area contributed by atoms with Crippen LogP contribution in [0.25, 0.3) is 0 Å². The van der Waals surface area contributed by atoms with Gasteiger partial charge in [-0.25, -0.2) is 9.37 Å². The lowest BCUT2D eigenvalue weighted by Gasteiger charge is -2.12. The van der Waals surface area contributed by atoms with Crippen molar-refractivity contribution in [3.63, 3.8) is 0 Å². The van der Waals surface area contributed by atoms with Crippen LogP contribution >= 0.6 is 0 Å². The van der Waals surface area contributed by atoms with E-state index in [1.165, 1.54) is 6.07 Å². The molecule has 0 fully saturated rings. The van der Waals surface area contributed by atoms with E-state index >= 15 is 0 Å². The monoisotopic (exact) mass is 374 g/mol. The van der Waals surface area contributed by atoms with Crippen molar-refractivity contribution in [2.24, 2.45) is 5.92 Å². The Morgan fingerprint density at radius 3 is 2.85 bits per heavy atom. The molecule has 0 aliphatic heterocycles. The van der Waals surface area contributed by atoms with Gasteiger partial charge < -0.3 is 14.8 Å². The van der Waals surface area contributed by atoms with E-state index in [1.54, 1.807) is 19.2 Å². The van der Waals surface area contributed by atoms with Gasteiger partial charge >= 0.3 is 5.97 Å². The Bertz CT molecular complexity index is 710. The summed E-state index contributed by atoms with van der Waals surface area (Å²) in [6.07, 6.45) is 3.40. The van der Waals surface area contributed by atoms with Gasteiger partial charge in [-0.05, 0) is 55.5 Å². The number of ether oxygens (including phenoxy) is 2. The summed E-state index contributed by atoms with van der Waals surface area (Å²) in [5.41, 5.74) is 0.841. The molecule has 6 heteroatoms. The van der Waals surface area contributed by atoms with Crippen molar-refractivity contribution < 1.29 is 18.7 Å². The van der Waals surface area contributed by atoms with E-state index in [1.807, 2.05) is 31.2 Å². The quantitative estimate of drug-likeness (QED) is 0.471. The molecule has 1 N–H and O–H groups in total. The maximum Gasteiger partial charge on any atom is 0.306 e. The first-order valence-corrected chi connectivity index (χ1v) is 9.30. The van der Waals surface area contributed by atoms with Gasteiger partial charge in [0.05, 0.1) is 13.2 Å². The standard InChI is InChI=1S/C21H27FN2O3/c1-3-26-21(25)14-16(2)13-17-8-9-19(18(22)15-17)27-12-6-11-24-20-7-4-5-10-23-20/h4-5,7-10,15-16H,3,6,11-14H2,1-2H3,(H,23,24). The zero-order valence-corrected chi connectivity index (χ0v) is 15.9. The van der Waals surface area contributed by atoms with Gasteiger partial charge in [-0.1, -0.05) is 19.1 Å². The van der Waals surface area contributed by atoms with Gasteiger partial charge in [-0.3, -0.25) is 4.79 Å². The minimum atomic E-state index is -0.381. The highest BCUT2D eigenvalue weighted by atomic mass is 19.1. The van der Waals surface area contributed by atoms with Crippen LogP contribution in [0.1, 0.15) is 32.3 Å². The summed E-state index contributed by atoms with van der Waals surface area (Å²) in [4.78, 5) is 15.7. The van der Waals surface area contributed by atoms with Crippen molar-refractivity contribution in [3.8, 4) is 5.75 Å². The molecule has 5 nitrogen and oxygen atoms in total. The molecule has 27 heavy (non-hydrogen) atoms. The highest BCUT2D eigenvalue weighted by molar-refractivity contribution is 5.69. The zero-order chi connectivity index (χ0) is 19.5. The fraction of sp³-hybridized carbons (Fsp3) is 0.429. The molecule has 0 aliphatic rings. The van der Waals surface area contributed by atoms with Crippen LogP contribution in [0, 0.1) is 11.7 Å². The maximum absolute atomic E-state index is 14.2. The largest absolute Gasteiger partial charge is 0.490 e. The highest BCUT2D eigenvalue weighted by Gasteiger charge is 2.12. The zero-order valence-electron chi connectivity index (χ0n) is 15.9. The third-order valence-corrected chi connectivity index (χ3v) is 3.95. The van der Waals surface area contributed by atoms with Crippen LogP contribution in [-0.2, 0) is 16.0 Å². The van der Waals surface area contributed by atoms with Crippen molar-refractivity contribution in [1.29, 1.82) is 0 Å². The predicted octanol–water partition coefficient (Wildman–Crippen LogP) is 4.23. The van der Waals surface area contributed by atoms with Gasteiger partial charge in [0.15, 0.2) is 11.6 Å². The Hall–Kier alpha value is -2.63. The predicted molar refractivity (Wildman–Crippen MR) is 103 cm³/mol. The van der Waals surface area contributed by atoms with E-state index in [9.17, 15) is 9.18 Å². The van der Waals surface area contributed by atoms with E-state index < -0.39 is 0 Å². The number of benzene rings is 1. The minimum Gasteiger partial charge on any atom is -0.490 e. The van der Waals surface area contributed by atoms with Crippen molar-refractivity contribution in [2.45, 2.75) is 33.1 Å². The number of halogens is 1. The van der Waals surface area contributed by atoms with Gasteiger partial charge in [0.2, 0.25) is 0 Å². The molecule has 0 amide bonds. The van der Waals surface area contributed by atoms with Crippen LogP contribution in [0.5, 0.6) is 5.75 Å². The molecule has 0 saturated carbocycles. The number of nitrogens with zero attached hydrogens (tertiary/aromatic N) is 1. The average molecular weight is 374 g/mol. The molecule has 1 heterocycles. The number of nitrogens with one attached hydrogen (secondary N) is 1. The van der Waals surface area contributed by atoms with Crippen LogP contribution in [0.3, 0.4) is 0 Å². The van der Waals surface area contributed by atoms with Gasteiger partial charge in [-0.2, -0.15) is 0 Å². The number of rotatable bonds is 11. The average Bonchev–Trinajstić information content (AvgIpc) is 2.64. The number of aromatic nitrogens is 1. The van der Waals surface area contributed by atoms with E-state index in [0.717, 1.165) is 17.8 Å². The van der Waals surface area contributed by atoms with Gasteiger partial charge in [0.1, 0.15) is 5.82 Å². The Kier molecular flexibility index (Phi) is 8.55. The van der Waals surface area contributed by atoms with E-state index in [-0.39, 0.29) is 23.5 Å². The van der Waals surface area contributed by atoms with Crippen molar-refractivity contribution in [2.75, 3.05) is 25.1 Å². The van der Waals surface area contributed by atoms with Crippen molar-refractivity contribution in [3.05, 3.63) is 54.0 Å². The van der Waals surface area contributed by atoms with Gasteiger partial charge in [0, 0.05) is 19.2 Å². The molecule has 146 valence electrons. The summed E-state index contributed by atoms with van der Waals surface area (Å²) in [5, 5.41) is 3.18. The molecule has 1 aromatic heterocycles. The van der Waals surface area contributed by atoms with Gasteiger partial charge in [-0.15, -0.1) is 0 Å². The number of pyridine rings is 1. The molecular formula is C21H27FN2O3. The molecular weight excluding hydrogens is 347 g/mol. The number of hydrogen-bond acceptors (Lipinski definition) is 5. The first-order chi connectivity index (χ1) is 13.1. The number of hydrogen-bond donors (Lipinski definition) is 1. The number of anilines is 1. The van der Waals surface area contributed by atoms with E-state index in [0.29, 0.717) is 32.6 Å². The second kappa shape index (κ2) is 11.2. The third kappa shape index (κ3) is 7.64. The summed E-state index contributed by atoms with van der Waals surface area (Å²) < 4.78 is 24.7. The summed E-state index contributed by atoms with van der Waals surface area (Å²) >= 11 is 0. The molecule has 0 bridgehead atoms. The third-order valence-electron chi connectivity index (χ3n) is 3.95. The molecule has 1 atom stereocenters. The van der Waals surface area contributed by atoms with Crippen LogP contribution in [0.2, 0.25) is 0 Å². The molecule has 2 rings (SSSR count). The molecule has 0 spiro atoms. The summed E-state index contributed by atoms with van der Waals surface area (Å²) in [7, 11) is 0. The fourth-order valence-electron chi connectivity index (χ4n) is 2.71. The molecule has 0 saturated heterocycles. The lowest BCUT2D eigenvalue weighted by atomic mass is 9.98. The summed E-state index contributed by atoms with van der Waals surface area (Å²) in [5.74, 6) is 0.547. The maximum atomic E-state index is 14.2. The number of carbonyl (C=O) groups excluding carboxylic acids is 1. The minimum absolute atomic E-state index is 0.0906. The first-order valence-electron chi connectivity index (χ1n) is 9.30. The molecule has 1 aromatic carbocycles. The Balaban J connectivity index is 1.73. The fourth-order valence-corrected chi connectivity index (χ4v) is 2.71. The van der Waals surface area contributed by atoms with Crippen molar-refractivity contribution in [1.82, 2.24) is 4.98 Å². The van der Waals surface area contributed by atoms with Crippen LogP contribution < -0.4 is 10.1 Å². The summed E-state index contributed by atoms with van der Waals surface area (Å²) in [6.45, 7) is 5.22. The molecule has 1 unspecified atom stereocenters. The second-order valence-electron chi connectivity index (χ2n) is 6.43. The SMILES string of the molecule is CCOC(=O)CC(C)Cc1ccc(OCCCNc2ccccn2)c(F)c1. The highest BCUT2D eigenvalue weighted by Crippen LogP contribution is 2.21. The number of esters is 1. The Labute approximate surface area is 159 Å². The van der Waals surface area contributed by atoms with Crippen LogP contribution in [0.4, 0.5) is 10.2 Å². The van der Waals surface area contributed by atoms with Crippen LogP contribution in [0.15, 0.2) is 42.6 Å². The lowest BCUT2D eigenvalue weighted by molar-refractivity contribution is -0.144.